The minimum absolute atomic E-state index is 0.174. The maximum absolute atomic E-state index is 11.9. The van der Waals surface area contributed by atoms with Gasteiger partial charge in [-0.1, -0.05) is 43.7 Å². The molecular weight excluding hydrogens is 290 g/mol. The molecule has 0 saturated carbocycles. The van der Waals surface area contributed by atoms with Crippen molar-refractivity contribution in [2.24, 2.45) is 0 Å². The van der Waals surface area contributed by atoms with Gasteiger partial charge in [-0.05, 0) is 31.4 Å². The second kappa shape index (κ2) is 9.53. The summed E-state index contributed by atoms with van der Waals surface area (Å²) in [6.45, 7) is 5.21. The van der Waals surface area contributed by atoms with Crippen LogP contribution in [-0.2, 0) is 6.54 Å². The van der Waals surface area contributed by atoms with Crippen LogP contribution in [0.2, 0.25) is 0 Å². The van der Waals surface area contributed by atoms with E-state index in [0.29, 0.717) is 13.0 Å². The third-order valence-corrected chi connectivity index (χ3v) is 4.21. The van der Waals surface area contributed by atoms with Crippen LogP contribution in [0.5, 0.6) is 0 Å². The SMILES string of the molecule is CCCC(O)CNC(=O)NC1CCCN(Cc2ccccc2)C1. The van der Waals surface area contributed by atoms with E-state index in [2.05, 4.69) is 39.8 Å². The maximum Gasteiger partial charge on any atom is 0.315 e. The summed E-state index contributed by atoms with van der Waals surface area (Å²) in [5.41, 5.74) is 1.31. The number of aliphatic hydroxyl groups excluding tert-OH is 1. The molecule has 0 radical (unpaired) electrons. The van der Waals surface area contributed by atoms with Gasteiger partial charge in [0.25, 0.3) is 0 Å². The van der Waals surface area contributed by atoms with E-state index in [1.807, 2.05) is 13.0 Å². The average Bonchev–Trinajstić information content (AvgIpc) is 2.55. The first kappa shape index (κ1) is 17.8. The number of piperidine rings is 1. The topological polar surface area (TPSA) is 64.6 Å². The molecule has 0 aromatic heterocycles. The van der Waals surface area contributed by atoms with Crippen LogP contribution in [0.4, 0.5) is 4.79 Å². The summed E-state index contributed by atoms with van der Waals surface area (Å²) >= 11 is 0. The Balaban J connectivity index is 1.72. The first-order valence-corrected chi connectivity index (χ1v) is 8.66. The highest BCUT2D eigenvalue weighted by Crippen LogP contribution is 2.13. The zero-order valence-electron chi connectivity index (χ0n) is 14.0. The van der Waals surface area contributed by atoms with Crippen molar-refractivity contribution >= 4 is 6.03 Å². The molecule has 0 aliphatic carbocycles. The van der Waals surface area contributed by atoms with E-state index >= 15 is 0 Å². The van der Waals surface area contributed by atoms with Crippen molar-refractivity contribution < 1.29 is 9.90 Å². The van der Waals surface area contributed by atoms with Gasteiger partial charge in [-0.15, -0.1) is 0 Å². The summed E-state index contributed by atoms with van der Waals surface area (Å²) in [6, 6.07) is 10.4. The molecule has 3 N–H and O–H groups in total. The van der Waals surface area contributed by atoms with Gasteiger partial charge in [0.15, 0.2) is 0 Å². The molecule has 23 heavy (non-hydrogen) atoms. The fourth-order valence-electron chi connectivity index (χ4n) is 3.04. The Bertz CT molecular complexity index is 467. The third kappa shape index (κ3) is 6.59. The van der Waals surface area contributed by atoms with Crippen LogP contribution in [0.3, 0.4) is 0 Å². The van der Waals surface area contributed by atoms with Crippen LogP contribution >= 0.6 is 0 Å². The van der Waals surface area contributed by atoms with Gasteiger partial charge < -0.3 is 15.7 Å². The summed E-state index contributed by atoms with van der Waals surface area (Å²) in [4.78, 5) is 14.3. The van der Waals surface area contributed by atoms with E-state index in [4.69, 9.17) is 0 Å². The Hall–Kier alpha value is -1.59. The molecule has 1 aliphatic rings. The Morgan fingerprint density at radius 3 is 2.91 bits per heavy atom. The Labute approximate surface area is 139 Å². The van der Waals surface area contributed by atoms with E-state index in [-0.39, 0.29) is 12.1 Å². The molecular formula is C18H29N3O2. The lowest BCUT2D eigenvalue weighted by atomic mass is 10.0. The minimum atomic E-state index is -0.452. The number of amides is 2. The van der Waals surface area contributed by atoms with Gasteiger partial charge >= 0.3 is 6.03 Å². The molecule has 0 bridgehead atoms. The Morgan fingerprint density at radius 1 is 1.39 bits per heavy atom. The molecule has 2 atom stereocenters. The molecule has 2 amide bonds. The molecule has 5 heteroatoms. The standard InChI is InChI=1S/C18H29N3O2/c1-2-7-17(22)12-19-18(23)20-16-10-6-11-21(14-16)13-15-8-4-3-5-9-15/h3-5,8-9,16-17,22H,2,6-7,10-14H2,1H3,(H2,19,20,23). The van der Waals surface area contributed by atoms with Crippen molar-refractivity contribution in [2.45, 2.75) is 51.3 Å². The predicted molar refractivity (Wildman–Crippen MR) is 92.2 cm³/mol. The van der Waals surface area contributed by atoms with Crippen molar-refractivity contribution in [3.05, 3.63) is 35.9 Å². The molecule has 1 saturated heterocycles. The van der Waals surface area contributed by atoms with Crippen LogP contribution in [0, 0.1) is 0 Å². The van der Waals surface area contributed by atoms with Crippen molar-refractivity contribution in [3.8, 4) is 0 Å². The van der Waals surface area contributed by atoms with Crippen LogP contribution in [0.25, 0.3) is 0 Å². The Morgan fingerprint density at radius 2 is 2.17 bits per heavy atom. The first-order chi connectivity index (χ1) is 11.2. The maximum atomic E-state index is 11.9. The highest BCUT2D eigenvalue weighted by atomic mass is 16.3. The number of urea groups is 1. The molecule has 2 rings (SSSR count). The molecule has 2 unspecified atom stereocenters. The van der Waals surface area contributed by atoms with Crippen LogP contribution < -0.4 is 10.6 Å². The number of hydrogen-bond donors (Lipinski definition) is 3. The zero-order chi connectivity index (χ0) is 16.5. The number of aliphatic hydroxyl groups is 1. The van der Waals surface area contributed by atoms with E-state index < -0.39 is 6.10 Å². The molecule has 1 heterocycles. The van der Waals surface area contributed by atoms with Gasteiger partial charge in [0.1, 0.15) is 0 Å². The summed E-state index contributed by atoms with van der Waals surface area (Å²) in [5, 5.41) is 15.4. The first-order valence-electron chi connectivity index (χ1n) is 8.66. The molecule has 5 nitrogen and oxygen atoms in total. The van der Waals surface area contributed by atoms with Gasteiger partial charge in [-0.3, -0.25) is 4.90 Å². The normalized spacial score (nSPS) is 20.0. The third-order valence-electron chi connectivity index (χ3n) is 4.21. The molecule has 1 aromatic rings. The van der Waals surface area contributed by atoms with Gasteiger partial charge in [0, 0.05) is 25.7 Å². The van der Waals surface area contributed by atoms with Crippen molar-refractivity contribution in [1.29, 1.82) is 0 Å². The molecule has 1 fully saturated rings. The number of likely N-dealkylation sites (tertiary alicyclic amines) is 1. The molecule has 1 aliphatic heterocycles. The average molecular weight is 319 g/mol. The second-order valence-corrected chi connectivity index (χ2v) is 6.36. The summed E-state index contributed by atoms with van der Waals surface area (Å²) in [6.07, 6.45) is 3.29. The number of rotatable bonds is 7. The van der Waals surface area contributed by atoms with E-state index in [1.165, 1.54) is 5.56 Å². The molecule has 1 aromatic carbocycles. The summed E-state index contributed by atoms with van der Waals surface area (Å²) in [7, 11) is 0. The lowest BCUT2D eigenvalue weighted by molar-refractivity contribution is 0.156. The lowest BCUT2D eigenvalue weighted by Gasteiger charge is -2.33. The van der Waals surface area contributed by atoms with Gasteiger partial charge in [0.05, 0.1) is 6.10 Å². The van der Waals surface area contributed by atoms with Crippen molar-refractivity contribution in [2.75, 3.05) is 19.6 Å². The summed E-state index contributed by atoms with van der Waals surface area (Å²) < 4.78 is 0. The molecule has 128 valence electrons. The van der Waals surface area contributed by atoms with Crippen LogP contribution in [-0.4, -0.2) is 47.8 Å². The minimum Gasteiger partial charge on any atom is -0.391 e. The van der Waals surface area contributed by atoms with Gasteiger partial charge in [0.2, 0.25) is 0 Å². The largest absolute Gasteiger partial charge is 0.391 e. The fourth-order valence-corrected chi connectivity index (χ4v) is 3.04. The molecule has 0 spiro atoms. The highest BCUT2D eigenvalue weighted by molar-refractivity contribution is 5.74. The van der Waals surface area contributed by atoms with Gasteiger partial charge in [-0.25, -0.2) is 4.79 Å². The van der Waals surface area contributed by atoms with Crippen molar-refractivity contribution in [3.63, 3.8) is 0 Å². The van der Waals surface area contributed by atoms with Crippen LogP contribution in [0.15, 0.2) is 30.3 Å². The number of carbonyl (C=O) groups excluding carboxylic acids is 1. The fraction of sp³-hybridized carbons (Fsp3) is 0.611. The number of nitrogens with zero attached hydrogens (tertiary/aromatic N) is 1. The Kier molecular flexibility index (Phi) is 7.36. The summed E-state index contributed by atoms with van der Waals surface area (Å²) in [5.74, 6) is 0. The number of hydrogen-bond acceptors (Lipinski definition) is 3. The zero-order valence-corrected chi connectivity index (χ0v) is 14.0. The second-order valence-electron chi connectivity index (χ2n) is 6.36. The number of nitrogens with one attached hydrogen (secondary N) is 2. The van der Waals surface area contributed by atoms with Crippen LogP contribution in [0.1, 0.15) is 38.2 Å². The lowest BCUT2D eigenvalue weighted by Crippen LogP contribution is -2.51. The van der Waals surface area contributed by atoms with Gasteiger partial charge in [-0.2, -0.15) is 0 Å². The van der Waals surface area contributed by atoms with Crippen molar-refractivity contribution in [1.82, 2.24) is 15.5 Å². The van der Waals surface area contributed by atoms with E-state index in [0.717, 1.165) is 38.9 Å². The number of carbonyl (C=O) groups is 1. The van der Waals surface area contributed by atoms with E-state index in [1.54, 1.807) is 0 Å². The monoisotopic (exact) mass is 319 g/mol. The predicted octanol–water partition coefficient (Wildman–Crippen LogP) is 2.11. The highest BCUT2D eigenvalue weighted by Gasteiger charge is 2.21. The van der Waals surface area contributed by atoms with E-state index in [9.17, 15) is 9.90 Å². The number of benzene rings is 1. The smallest absolute Gasteiger partial charge is 0.315 e. The quantitative estimate of drug-likeness (QED) is 0.721.